The third-order valence-electron chi connectivity index (χ3n) is 4.57. The second-order valence-electron chi connectivity index (χ2n) is 6.32. The number of furan rings is 1. The Labute approximate surface area is 151 Å². The van der Waals surface area contributed by atoms with E-state index in [2.05, 4.69) is 20.9 Å². The second-order valence-corrected chi connectivity index (χ2v) is 6.32. The SMILES string of the molecule is CCOc1ccccc1CN1CCc2nc(-c3ccco3)[nH]c(=O)c2C1. The molecule has 0 aliphatic carbocycles. The standard InChI is InChI=1S/C20H21N3O3/c1-2-25-17-7-4-3-6-14(17)12-23-10-9-16-15(13-23)20(24)22-19(21-16)18-8-5-11-26-18/h3-8,11H,2,9-10,12-13H2,1H3,(H,21,22,24). The van der Waals surface area contributed by atoms with Crippen molar-refractivity contribution < 1.29 is 9.15 Å². The minimum atomic E-state index is -0.0933. The zero-order chi connectivity index (χ0) is 17.9. The molecule has 0 radical (unpaired) electrons. The zero-order valence-corrected chi connectivity index (χ0v) is 14.7. The molecule has 1 aromatic carbocycles. The Kier molecular flexibility index (Phi) is 4.58. The quantitative estimate of drug-likeness (QED) is 0.765. The summed E-state index contributed by atoms with van der Waals surface area (Å²) in [7, 11) is 0. The van der Waals surface area contributed by atoms with Crippen LogP contribution in [0.1, 0.15) is 23.7 Å². The molecule has 2 aromatic heterocycles. The van der Waals surface area contributed by atoms with Gasteiger partial charge < -0.3 is 14.1 Å². The molecule has 1 aliphatic rings. The number of ether oxygens (including phenoxy) is 1. The van der Waals surface area contributed by atoms with Gasteiger partial charge in [-0.15, -0.1) is 0 Å². The maximum absolute atomic E-state index is 12.6. The molecule has 26 heavy (non-hydrogen) atoms. The van der Waals surface area contributed by atoms with E-state index in [1.807, 2.05) is 25.1 Å². The van der Waals surface area contributed by atoms with Gasteiger partial charge >= 0.3 is 0 Å². The Hall–Kier alpha value is -2.86. The van der Waals surface area contributed by atoms with Gasteiger partial charge in [-0.3, -0.25) is 9.69 Å². The molecular formula is C20H21N3O3. The summed E-state index contributed by atoms with van der Waals surface area (Å²) >= 11 is 0. The number of hydrogen-bond donors (Lipinski definition) is 1. The normalized spacial score (nSPS) is 14.2. The molecule has 1 aliphatic heterocycles. The van der Waals surface area contributed by atoms with Gasteiger partial charge in [0.05, 0.1) is 24.1 Å². The Morgan fingerprint density at radius 1 is 1.27 bits per heavy atom. The molecule has 0 spiro atoms. The van der Waals surface area contributed by atoms with Gasteiger partial charge in [0.1, 0.15) is 5.75 Å². The summed E-state index contributed by atoms with van der Waals surface area (Å²) in [4.78, 5) is 22.3. The van der Waals surface area contributed by atoms with Crippen LogP contribution in [0.25, 0.3) is 11.6 Å². The molecule has 0 bridgehead atoms. The number of benzene rings is 1. The summed E-state index contributed by atoms with van der Waals surface area (Å²) in [5.41, 5.74) is 2.63. The fourth-order valence-electron chi connectivity index (χ4n) is 3.32. The van der Waals surface area contributed by atoms with E-state index < -0.39 is 0 Å². The third kappa shape index (κ3) is 3.28. The molecule has 0 saturated heterocycles. The summed E-state index contributed by atoms with van der Waals surface area (Å²) < 4.78 is 11.1. The van der Waals surface area contributed by atoms with Crippen molar-refractivity contribution in [2.75, 3.05) is 13.2 Å². The van der Waals surface area contributed by atoms with Crippen LogP contribution in [-0.2, 0) is 19.5 Å². The third-order valence-corrected chi connectivity index (χ3v) is 4.57. The van der Waals surface area contributed by atoms with Crippen molar-refractivity contribution >= 4 is 0 Å². The van der Waals surface area contributed by atoms with Crippen molar-refractivity contribution in [1.82, 2.24) is 14.9 Å². The van der Waals surface area contributed by atoms with Crippen molar-refractivity contribution in [3.05, 3.63) is 69.8 Å². The Morgan fingerprint density at radius 3 is 2.96 bits per heavy atom. The van der Waals surface area contributed by atoms with E-state index in [1.54, 1.807) is 18.4 Å². The van der Waals surface area contributed by atoms with Gasteiger partial charge in [0.25, 0.3) is 5.56 Å². The Balaban J connectivity index is 1.56. The molecule has 0 fully saturated rings. The first-order chi connectivity index (χ1) is 12.7. The van der Waals surface area contributed by atoms with Crippen LogP contribution in [0.2, 0.25) is 0 Å². The summed E-state index contributed by atoms with van der Waals surface area (Å²) in [5.74, 6) is 1.98. The van der Waals surface area contributed by atoms with Gasteiger partial charge in [0, 0.05) is 31.6 Å². The van der Waals surface area contributed by atoms with Gasteiger partial charge in [-0.05, 0) is 25.1 Å². The number of rotatable bonds is 5. The highest BCUT2D eigenvalue weighted by Gasteiger charge is 2.22. The van der Waals surface area contributed by atoms with Crippen LogP contribution < -0.4 is 10.3 Å². The molecule has 6 nitrogen and oxygen atoms in total. The highest BCUT2D eigenvalue weighted by atomic mass is 16.5. The van der Waals surface area contributed by atoms with Gasteiger partial charge in [-0.25, -0.2) is 4.98 Å². The number of aromatic nitrogens is 2. The fourth-order valence-corrected chi connectivity index (χ4v) is 3.32. The van der Waals surface area contributed by atoms with E-state index in [4.69, 9.17) is 9.15 Å². The van der Waals surface area contributed by atoms with Crippen LogP contribution in [0.5, 0.6) is 5.75 Å². The fraction of sp³-hybridized carbons (Fsp3) is 0.300. The topological polar surface area (TPSA) is 71.4 Å². The number of hydrogen-bond acceptors (Lipinski definition) is 5. The molecule has 0 atom stereocenters. The van der Waals surface area contributed by atoms with Crippen LogP contribution in [-0.4, -0.2) is 28.0 Å². The summed E-state index contributed by atoms with van der Waals surface area (Å²) in [5, 5.41) is 0. The molecule has 3 heterocycles. The number of fused-ring (bicyclic) bond motifs is 1. The summed E-state index contributed by atoms with van der Waals surface area (Å²) in [6.07, 6.45) is 2.32. The van der Waals surface area contributed by atoms with E-state index in [1.165, 1.54) is 0 Å². The lowest BCUT2D eigenvalue weighted by Gasteiger charge is -2.28. The molecule has 0 unspecified atom stereocenters. The number of aromatic amines is 1. The summed E-state index contributed by atoms with van der Waals surface area (Å²) in [6.45, 7) is 4.79. The highest BCUT2D eigenvalue weighted by molar-refractivity contribution is 5.47. The monoisotopic (exact) mass is 351 g/mol. The number of nitrogens with one attached hydrogen (secondary N) is 1. The lowest BCUT2D eigenvalue weighted by molar-refractivity contribution is 0.236. The molecule has 1 N–H and O–H groups in total. The average molecular weight is 351 g/mol. The number of para-hydroxylation sites is 1. The predicted molar refractivity (Wildman–Crippen MR) is 98.0 cm³/mol. The molecule has 4 rings (SSSR count). The van der Waals surface area contributed by atoms with Crippen LogP contribution in [0, 0.1) is 0 Å². The Bertz CT molecular complexity index is 947. The molecule has 3 aromatic rings. The minimum absolute atomic E-state index is 0.0933. The van der Waals surface area contributed by atoms with Crippen molar-refractivity contribution in [3.8, 4) is 17.3 Å². The molecule has 0 saturated carbocycles. The number of nitrogens with zero attached hydrogens (tertiary/aromatic N) is 2. The minimum Gasteiger partial charge on any atom is -0.494 e. The van der Waals surface area contributed by atoms with E-state index in [9.17, 15) is 4.79 Å². The molecule has 134 valence electrons. The summed E-state index contributed by atoms with van der Waals surface area (Å²) in [6, 6.07) is 11.6. The average Bonchev–Trinajstić information content (AvgIpc) is 3.19. The van der Waals surface area contributed by atoms with Crippen LogP contribution >= 0.6 is 0 Å². The first-order valence-electron chi connectivity index (χ1n) is 8.83. The molecule has 6 heteroatoms. The number of H-pyrrole nitrogens is 1. The molecule has 0 amide bonds. The van der Waals surface area contributed by atoms with Crippen molar-refractivity contribution in [3.63, 3.8) is 0 Å². The molecular weight excluding hydrogens is 330 g/mol. The van der Waals surface area contributed by atoms with Crippen LogP contribution in [0.3, 0.4) is 0 Å². The van der Waals surface area contributed by atoms with Crippen molar-refractivity contribution in [2.45, 2.75) is 26.4 Å². The van der Waals surface area contributed by atoms with E-state index in [-0.39, 0.29) is 5.56 Å². The van der Waals surface area contributed by atoms with Gasteiger partial charge in [0.15, 0.2) is 11.6 Å². The largest absolute Gasteiger partial charge is 0.494 e. The predicted octanol–water partition coefficient (Wildman–Crippen LogP) is 2.99. The van der Waals surface area contributed by atoms with Gasteiger partial charge in [-0.1, -0.05) is 18.2 Å². The van der Waals surface area contributed by atoms with E-state index in [0.717, 1.165) is 42.1 Å². The lowest BCUT2D eigenvalue weighted by Crippen LogP contribution is -2.35. The van der Waals surface area contributed by atoms with E-state index >= 15 is 0 Å². The first kappa shape index (κ1) is 16.6. The van der Waals surface area contributed by atoms with Gasteiger partial charge in [-0.2, -0.15) is 0 Å². The first-order valence-corrected chi connectivity index (χ1v) is 8.83. The van der Waals surface area contributed by atoms with Crippen LogP contribution in [0.4, 0.5) is 0 Å². The van der Waals surface area contributed by atoms with E-state index in [0.29, 0.717) is 24.7 Å². The highest BCUT2D eigenvalue weighted by Crippen LogP contribution is 2.24. The van der Waals surface area contributed by atoms with Crippen molar-refractivity contribution in [2.24, 2.45) is 0 Å². The smallest absolute Gasteiger partial charge is 0.256 e. The second kappa shape index (κ2) is 7.17. The lowest BCUT2D eigenvalue weighted by atomic mass is 10.1. The van der Waals surface area contributed by atoms with Crippen LogP contribution in [0.15, 0.2) is 51.9 Å². The van der Waals surface area contributed by atoms with Crippen molar-refractivity contribution in [1.29, 1.82) is 0 Å². The maximum Gasteiger partial charge on any atom is 0.256 e. The zero-order valence-electron chi connectivity index (χ0n) is 14.7. The van der Waals surface area contributed by atoms with Gasteiger partial charge in [0.2, 0.25) is 0 Å². The maximum atomic E-state index is 12.6. The Morgan fingerprint density at radius 2 is 2.15 bits per heavy atom.